The van der Waals surface area contributed by atoms with Gasteiger partial charge in [0.05, 0.1) is 5.92 Å². The van der Waals surface area contributed by atoms with Gasteiger partial charge in [-0.05, 0) is 13.8 Å². The van der Waals surface area contributed by atoms with Gasteiger partial charge in [0.25, 0.3) is 11.5 Å². The summed E-state index contributed by atoms with van der Waals surface area (Å²) in [4.78, 5) is 39.4. The molecule has 0 aliphatic carbocycles. The highest BCUT2D eigenvalue weighted by atomic mass is 32.1. The van der Waals surface area contributed by atoms with E-state index in [0.717, 1.165) is 0 Å². The zero-order valence-electron chi connectivity index (χ0n) is 10.9. The van der Waals surface area contributed by atoms with Crippen LogP contribution in [0, 0.1) is 5.92 Å². The van der Waals surface area contributed by atoms with Crippen molar-refractivity contribution < 1.29 is 14.7 Å². The molecule has 0 aromatic carbocycles. The fourth-order valence-electron chi connectivity index (χ4n) is 1.60. The predicted octanol–water partition coefficient (Wildman–Crippen LogP) is 0.595. The van der Waals surface area contributed by atoms with E-state index >= 15 is 0 Å². The molecule has 8 heteroatoms. The lowest BCUT2D eigenvalue weighted by atomic mass is 10.0. The van der Waals surface area contributed by atoms with E-state index in [0.29, 0.717) is 4.96 Å². The van der Waals surface area contributed by atoms with Crippen molar-refractivity contribution in [2.24, 2.45) is 5.92 Å². The molecule has 0 saturated heterocycles. The molecule has 2 aromatic heterocycles. The highest BCUT2D eigenvalue weighted by Crippen LogP contribution is 2.07. The van der Waals surface area contributed by atoms with E-state index in [1.807, 2.05) is 0 Å². The van der Waals surface area contributed by atoms with Crippen molar-refractivity contribution in [3.05, 3.63) is 33.7 Å². The SMILES string of the molecule is CC(NC(=O)c1cnc2sccn2c1=O)C(C)C(=O)O. The lowest BCUT2D eigenvalue weighted by molar-refractivity contribution is -0.141. The Labute approximate surface area is 117 Å². The summed E-state index contributed by atoms with van der Waals surface area (Å²) in [7, 11) is 0. The Hall–Kier alpha value is -2.22. The van der Waals surface area contributed by atoms with Crippen molar-refractivity contribution in [2.75, 3.05) is 0 Å². The minimum absolute atomic E-state index is 0.106. The first-order valence-electron chi connectivity index (χ1n) is 5.90. The van der Waals surface area contributed by atoms with Crippen LogP contribution in [-0.4, -0.2) is 32.4 Å². The Balaban J connectivity index is 2.26. The molecule has 1 amide bonds. The van der Waals surface area contributed by atoms with Crippen molar-refractivity contribution in [2.45, 2.75) is 19.9 Å². The molecule has 20 heavy (non-hydrogen) atoms. The maximum absolute atomic E-state index is 12.1. The lowest BCUT2D eigenvalue weighted by Crippen LogP contribution is -2.42. The molecule has 0 aliphatic rings. The average Bonchev–Trinajstić information content (AvgIpc) is 2.87. The molecule has 106 valence electrons. The number of carbonyl (C=O) groups excluding carboxylic acids is 1. The number of amides is 1. The predicted molar refractivity (Wildman–Crippen MR) is 73.1 cm³/mol. The third kappa shape index (κ3) is 2.55. The number of carboxylic acids is 1. The largest absolute Gasteiger partial charge is 0.481 e. The molecule has 2 rings (SSSR count). The first kappa shape index (κ1) is 14.2. The maximum Gasteiger partial charge on any atom is 0.308 e. The number of nitrogens with one attached hydrogen (secondary N) is 1. The molecule has 0 radical (unpaired) electrons. The topological polar surface area (TPSA) is 101 Å². The first-order valence-corrected chi connectivity index (χ1v) is 6.78. The Morgan fingerprint density at radius 3 is 2.80 bits per heavy atom. The van der Waals surface area contributed by atoms with Gasteiger partial charge in [0.1, 0.15) is 5.56 Å². The molecule has 0 spiro atoms. The molecule has 7 nitrogen and oxygen atoms in total. The molecule has 0 saturated carbocycles. The van der Waals surface area contributed by atoms with Crippen LogP contribution in [0.2, 0.25) is 0 Å². The van der Waals surface area contributed by atoms with E-state index in [-0.39, 0.29) is 5.56 Å². The zero-order valence-corrected chi connectivity index (χ0v) is 11.7. The van der Waals surface area contributed by atoms with Crippen molar-refractivity contribution in [1.29, 1.82) is 0 Å². The Bertz CT molecular complexity index is 721. The van der Waals surface area contributed by atoms with E-state index in [9.17, 15) is 14.4 Å². The van der Waals surface area contributed by atoms with Gasteiger partial charge in [-0.15, -0.1) is 11.3 Å². The number of rotatable bonds is 4. The minimum atomic E-state index is -1.01. The van der Waals surface area contributed by atoms with Gasteiger partial charge in [-0.1, -0.05) is 0 Å². The van der Waals surface area contributed by atoms with Gasteiger partial charge in [0.15, 0.2) is 4.96 Å². The standard InChI is InChI=1S/C12H13N3O4S/c1-6(11(18)19)7(2)14-9(16)8-5-13-12-15(10(8)17)3-4-20-12/h3-7H,1-2H3,(H,14,16)(H,18,19). The van der Waals surface area contributed by atoms with E-state index in [4.69, 9.17) is 5.11 Å². The molecule has 2 N–H and O–H groups in total. The van der Waals surface area contributed by atoms with Gasteiger partial charge >= 0.3 is 5.97 Å². The van der Waals surface area contributed by atoms with Gasteiger partial charge in [-0.2, -0.15) is 0 Å². The Kier molecular flexibility index (Phi) is 3.84. The molecule has 2 unspecified atom stereocenters. The number of nitrogens with zero attached hydrogens (tertiary/aromatic N) is 2. The number of aliphatic carboxylic acids is 1. The Morgan fingerprint density at radius 2 is 2.15 bits per heavy atom. The lowest BCUT2D eigenvalue weighted by Gasteiger charge is -2.17. The van der Waals surface area contributed by atoms with Crippen LogP contribution in [0.15, 0.2) is 22.6 Å². The number of thiazole rings is 1. The van der Waals surface area contributed by atoms with Crippen molar-refractivity contribution in [1.82, 2.24) is 14.7 Å². The van der Waals surface area contributed by atoms with Gasteiger partial charge in [0.2, 0.25) is 0 Å². The fourth-order valence-corrected chi connectivity index (χ4v) is 2.28. The van der Waals surface area contributed by atoms with Crippen molar-refractivity contribution >= 4 is 28.2 Å². The van der Waals surface area contributed by atoms with E-state index in [1.54, 1.807) is 12.3 Å². The van der Waals surface area contributed by atoms with Gasteiger partial charge in [0, 0.05) is 23.8 Å². The van der Waals surface area contributed by atoms with Crippen LogP contribution in [0.4, 0.5) is 0 Å². The molecular formula is C12H13N3O4S. The normalized spacial score (nSPS) is 13.9. The second kappa shape index (κ2) is 5.41. The summed E-state index contributed by atoms with van der Waals surface area (Å²) in [5.41, 5.74) is -0.575. The van der Waals surface area contributed by atoms with Crippen LogP contribution >= 0.6 is 11.3 Å². The van der Waals surface area contributed by atoms with Gasteiger partial charge in [-0.25, -0.2) is 4.98 Å². The number of hydrogen-bond acceptors (Lipinski definition) is 5. The summed E-state index contributed by atoms with van der Waals surface area (Å²) in [6.07, 6.45) is 2.75. The van der Waals surface area contributed by atoms with Gasteiger partial charge < -0.3 is 10.4 Å². The molecule has 0 bridgehead atoms. The summed E-state index contributed by atoms with van der Waals surface area (Å²) >= 11 is 1.29. The summed E-state index contributed by atoms with van der Waals surface area (Å²) in [6.45, 7) is 3.06. The minimum Gasteiger partial charge on any atom is -0.481 e. The molecule has 0 aliphatic heterocycles. The number of carbonyl (C=O) groups is 2. The molecular weight excluding hydrogens is 282 g/mol. The van der Waals surface area contributed by atoms with Gasteiger partial charge in [-0.3, -0.25) is 18.8 Å². The first-order chi connectivity index (χ1) is 9.41. The van der Waals surface area contributed by atoms with Crippen LogP contribution in [0.3, 0.4) is 0 Å². The molecule has 0 fully saturated rings. The smallest absolute Gasteiger partial charge is 0.308 e. The van der Waals surface area contributed by atoms with Crippen molar-refractivity contribution in [3.63, 3.8) is 0 Å². The fraction of sp³-hybridized carbons (Fsp3) is 0.333. The van der Waals surface area contributed by atoms with Crippen LogP contribution in [-0.2, 0) is 4.79 Å². The second-order valence-electron chi connectivity index (χ2n) is 4.42. The van der Waals surface area contributed by atoms with Crippen LogP contribution in [0.5, 0.6) is 0 Å². The third-order valence-electron chi connectivity index (χ3n) is 3.09. The van der Waals surface area contributed by atoms with E-state index in [1.165, 1.54) is 35.1 Å². The molecule has 2 heterocycles. The van der Waals surface area contributed by atoms with E-state index < -0.39 is 29.4 Å². The highest BCUT2D eigenvalue weighted by Gasteiger charge is 2.23. The summed E-state index contributed by atoms with van der Waals surface area (Å²) in [6, 6.07) is -0.595. The third-order valence-corrected chi connectivity index (χ3v) is 3.86. The number of carboxylic acid groups (broad SMARTS) is 1. The van der Waals surface area contributed by atoms with E-state index in [2.05, 4.69) is 10.3 Å². The van der Waals surface area contributed by atoms with Crippen molar-refractivity contribution in [3.8, 4) is 0 Å². The number of hydrogen-bond donors (Lipinski definition) is 2. The van der Waals surface area contributed by atoms with Crippen LogP contribution in [0.25, 0.3) is 4.96 Å². The second-order valence-corrected chi connectivity index (χ2v) is 5.29. The van der Waals surface area contributed by atoms with Crippen LogP contribution < -0.4 is 10.9 Å². The summed E-state index contributed by atoms with van der Waals surface area (Å²) in [5.74, 6) is -2.39. The summed E-state index contributed by atoms with van der Waals surface area (Å²) < 4.78 is 1.28. The number of aromatic nitrogens is 2. The quantitative estimate of drug-likeness (QED) is 0.860. The number of fused-ring (bicyclic) bond motifs is 1. The monoisotopic (exact) mass is 295 g/mol. The average molecular weight is 295 g/mol. The highest BCUT2D eigenvalue weighted by molar-refractivity contribution is 7.15. The molecule has 2 aromatic rings. The maximum atomic E-state index is 12.1. The zero-order chi connectivity index (χ0) is 14.9. The summed E-state index contributed by atoms with van der Waals surface area (Å²) in [5, 5.41) is 13.1. The molecule has 2 atom stereocenters. The Morgan fingerprint density at radius 1 is 1.45 bits per heavy atom. The van der Waals surface area contributed by atoms with Crippen LogP contribution in [0.1, 0.15) is 24.2 Å².